The number of aliphatic hydroxyl groups excluding tert-OH is 1. The Hall–Kier alpha value is -1.55. The number of rotatable bonds is 3. The summed E-state index contributed by atoms with van der Waals surface area (Å²) in [6.07, 6.45) is 1.37. The summed E-state index contributed by atoms with van der Waals surface area (Å²) in [7, 11) is 0. The van der Waals surface area contributed by atoms with Crippen molar-refractivity contribution in [3.63, 3.8) is 0 Å². The van der Waals surface area contributed by atoms with Crippen molar-refractivity contribution in [2.24, 2.45) is 0 Å². The molecule has 0 spiro atoms. The molecule has 0 aliphatic carbocycles. The highest BCUT2D eigenvalue weighted by molar-refractivity contribution is 5.69. The Balaban J connectivity index is 1.99. The van der Waals surface area contributed by atoms with Gasteiger partial charge in [-0.2, -0.15) is 0 Å². The van der Waals surface area contributed by atoms with Crippen LogP contribution in [0, 0.1) is 0 Å². The topological polar surface area (TPSA) is 49.8 Å². The fourth-order valence-electron chi connectivity index (χ4n) is 2.62. The van der Waals surface area contributed by atoms with Gasteiger partial charge in [-0.25, -0.2) is 4.79 Å². The number of amides is 1. The standard InChI is InChI=1S/C15H21NO3/c1-15(2)9-8-13(10-17)16(15)14(18)19-11-12-6-4-3-5-7-12/h3-7,13,17H,8-11H2,1-2H3. The van der Waals surface area contributed by atoms with Crippen LogP contribution in [0.2, 0.25) is 0 Å². The Morgan fingerprint density at radius 2 is 2.11 bits per heavy atom. The Morgan fingerprint density at radius 3 is 2.74 bits per heavy atom. The molecule has 1 unspecified atom stereocenters. The van der Waals surface area contributed by atoms with Crippen LogP contribution < -0.4 is 0 Å². The lowest BCUT2D eigenvalue weighted by Gasteiger charge is -2.34. The van der Waals surface area contributed by atoms with Crippen molar-refractivity contribution >= 4 is 6.09 Å². The van der Waals surface area contributed by atoms with Crippen LogP contribution >= 0.6 is 0 Å². The minimum Gasteiger partial charge on any atom is -0.445 e. The fourth-order valence-corrected chi connectivity index (χ4v) is 2.62. The third kappa shape index (κ3) is 3.07. The summed E-state index contributed by atoms with van der Waals surface area (Å²) in [6, 6.07) is 9.48. The maximum Gasteiger partial charge on any atom is 0.410 e. The SMILES string of the molecule is CC1(C)CCC(CO)N1C(=O)OCc1ccccc1. The van der Waals surface area contributed by atoms with Gasteiger partial charge in [-0.15, -0.1) is 0 Å². The Kier molecular flexibility index (Phi) is 4.10. The number of benzene rings is 1. The van der Waals surface area contributed by atoms with Crippen LogP contribution in [0.4, 0.5) is 4.79 Å². The molecule has 1 aliphatic heterocycles. The Morgan fingerprint density at radius 1 is 1.42 bits per heavy atom. The molecular formula is C15H21NO3. The average Bonchev–Trinajstić information content (AvgIpc) is 2.72. The summed E-state index contributed by atoms with van der Waals surface area (Å²) in [5.74, 6) is 0. The van der Waals surface area contributed by atoms with Crippen molar-refractivity contribution in [2.45, 2.75) is 44.9 Å². The molecule has 104 valence electrons. The van der Waals surface area contributed by atoms with E-state index in [-0.39, 0.29) is 30.9 Å². The van der Waals surface area contributed by atoms with E-state index in [1.807, 2.05) is 44.2 Å². The zero-order chi connectivity index (χ0) is 13.9. The zero-order valence-corrected chi connectivity index (χ0v) is 11.5. The molecule has 1 N–H and O–H groups in total. The van der Waals surface area contributed by atoms with Crippen LogP contribution in [0.3, 0.4) is 0 Å². The quantitative estimate of drug-likeness (QED) is 0.911. The minimum atomic E-state index is -0.342. The normalized spacial score (nSPS) is 21.4. The zero-order valence-electron chi connectivity index (χ0n) is 11.5. The summed E-state index contributed by atoms with van der Waals surface area (Å²) in [5, 5.41) is 9.35. The molecule has 1 atom stereocenters. The number of hydrogen-bond donors (Lipinski definition) is 1. The number of carbonyl (C=O) groups excluding carboxylic acids is 1. The van der Waals surface area contributed by atoms with E-state index in [4.69, 9.17) is 4.74 Å². The molecule has 1 heterocycles. The summed E-state index contributed by atoms with van der Waals surface area (Å²) in [5.41, 5.74) is 0.717. The molecule has 1 saturated heterocycles. The molecule has 19 heavy (non-hydrogen) atoms. The average molecular weight is 263 g/mol. The third-order valence-electron chi connectivity index (χ3n) is 3.72. The molecule has 1 fully saturated rings. The highest BCUT2D eigenvalue weighted by Gasteiger charge is 2.43. The predicted octanol–water partition coefficient (Wildman–Crippen LogP) is 2.56. The van der Waals surface area contributed by atoms with Gasteiger partial charge in [-0.05, 0) is 32.3 Å². The van der Waals surface area contributed by atoms with E-state index in [1.54, 1.807) is 4.90 Å². The first-order valence-electron chi connectivity index (χ1n) is 6.65. The van der Waals surface area contributed by atoms with E-state index < -0.39 is 0 Å². The summed E-state index contributed by atoms with van der Waals surface area (Å²) in [6.45, 7) is 4.27. The van der Waals surface area contributed by atoms with Crippen molar-refractivity contribution in [2.75, 3.05) is 6.61 Å². The van der Waals surface area contributed by atoms with E-state index in [2.05, 4.69) is 0 Å². The van der Waals surface area contributed by atoms with E-state index >= 15 is 0 Å². The molecule has 0 saturated carbocycles. The number of ether oxygens (including phenoxy) is 1. The lowest BCUT2D eigenvalue weighted by molar-refractivity contribution is 0.0460. The fraction of sp³-hybridized carbons (Fsp3) is 0.533. The van der Waals surface area contributed by atoms with E-state index in [0.717, 1.165) is 18.4 Å². The molecule has 2 rings (SSSR count). The highest BCUT2D eigenvalue weighted by Crippen LogP contribution is 2.33. The molecular weight excluding hydrogens is 242 g/mol. The second-order valence-corrected chi connectivity index (χ2v) is 5.60. The van der Waals surface area contributed by atoms with Gasteiger partial charge >= 0.3 is 6.09 Å². The molecule has 1 aromatic carbocycles. The van der Waals surface area contributed by atoms with Gasteiger partial charge in [0.25, 0.3) is 0 Å². The largest absolute Gasteiger partial charge is 0.445 e. The lowest BCUT2D eigenvalue weighted by atomic mass is 10.0. The lowest BCUT2D eigenvalue weighted by Crippen LogP contribution is -2.48. The molecule has 1 aromatic rings. The molecule has 0 aromatic heterocycles. The molecule has 0 radical (unpaired) electrons. The van der Waals surface area contributed by atoms with Crippen molar-refractivity contribution in [3.05, 3.63) is 35.9 Å². The number of carbonyl (C=O) groups is 1. The van der Waals surface area contributed by atoms with Crippen LogP contribution in [0.15, 0.2) is 30.3 Å². The summed E-state index contributed by atoms with van der Waals surface area (Å²) < 4.78 is 5.36. The highest BCUT2D eigenvalue weighted by atomic mass is 16.6. The van der Waals surface area contributed by atoms with Gasteiger partial charge in [-0.3, -0.25) is 4.90 Å². The second-order valence-electron chi connectivity index (χ2n) is 5.60. The molecule has 1 amide bonds. The van der Waals surface area contributed by atoms with Crippen LogP contribution in [0.5, 0.6) is 0 Å². The van der Waals surface area contributed by atoms with Crippen molar-refractivity contribution in [1.82, 2.24) is 4.90 Å². The first kappa shape index (κ1) is 13.9. The maximum atomic E-state index is 12.2. The van der Waals surface area contributed by atoms with Gasteiger partial charge in [0.2, 0.25) is 0 Å². The predicted molar refractivity (Wildman–Crippen MR) is 72.7 cm³/mol. The summed E-state index contributed by atoms with van der Waals surface area (Å²) in [4.78, 5) is 13.9. The summed E-state index contributed by atoms with van der Waals surface area (Å²) >= 11 is 0. The van der Waals surface area contributed by atoms with E-state index in [9.17, 15) is 9.90 Å². The van der Waals surface area contributed by atoms with Gasteiger partial charge in [0.15, 0.2) is 0 Å². The van der Waals surface area contributed by atoms with Gasteiger partial charge in [-0.1, -0.05) is 30.3 Å². The smallest absolute Gasteiger partial charge is 0.410 e. The molecule has 4 heteroatoms. The van der Waals surface area contributed by atoms with E-state index in [1.165, 1.54) is 0 Å². The number of hydrogen-bond acceptors (Lipinski definition) is 3. The maximum absolute atomic E-state index is 12.2. The van der Waals surface area contributed by atoms with Crippen LogP contribution in [0.1, 0.15) is 32.3 Å². The second kappa shape index (κ2) is 5.61. The number of nitrogens with zero attached hydrogens (tertiary/aromatic N) is 1. The van der Waals surface area contributed by atoms with Crippen molar-refractivity contribution in [1.29, 1.82) is 0 Å². The van der Waals surface area contributed by atoms with Crippen molar-refractivity contribution in [3.8, 4) is 0 Å². The molecule has 4 nitrogen and oxygen atoms in total. The van der Waals surface area contributed by atoms with Gasteiger partial charge < -0.3 is 9.84 Å². The van der Waals surface area contributed by atoms with Gasteiger partial charge in [0.05, 0.1) is 12.6 Å². The minimum absolute atomic E-state index is 0.0101. The number of aliphatic hydroxyl groups is 1. The monoisotopic (exact) mass is 263 g/mol. The number of likely N-dealkylation sites (tertiary alicyclic amines) is 1. The van der Waals surface area contributed by atoms with Gasteiger partial charge in [0.1, 0.15) is 6.61 Å². The van der Waals surface area contributed by atoms with Crippen molar-refractivity contribution < 1.29 is 14.6 Å². The van der Waals surface area contributed by atoms with Crippen LogP contribution in [0.25, 0.3) is 0 Å². The van der Waals surface area contributed by atoms with Crippen LogP contribution in [-0.4, -0.2) is 34.3 Å². The molecule has 0 bridgehead atoms. The van der Waals surface area contributed by atoms with E-state index in [0.29, 0.717) is 0 Å². The van der Waals surface area contributed by atoms with Crippen LogP contribution in [-0.2, 0) is 11.3 Å². The van der Waals surface area contributed by atoms with Gasteiger partial charge in [0, 0.05) is 5.54 Å². The Bertz CT molecular complexity index is 430. The first-order valence-corrected chi connectivity index (χ1v) is 6.65. The first-order chi connectivity index (χ1) is 9.04. The molecule has 1 aliphatic rings. The third-order valence-corrected chi connectivity index (χ3v) is 3.72. The Labute approximate surface area is 114 Å².